The number of ether oxygens (including phenoxy) is 1. The van der Waals surface area contributed by atoms with Crippen LogP contribution in [0.5, 0.6) is 0 Å². The summed E-state index contributed by atoms with van der Waals surface area (Å²) in [6.07, 6.45) is 10.6. The number of rotatable bonds is 6. The second kappa shape index (κ2) is 7.99. The summed E-state index contributed by atoms with van der Waals surface area (Å²) in [5, 5.41) is 3.15. The highest BCUT2D eigenvalue weighted by Crippen LogP contribution is 2.26. The van der Waals surface area contributed by atoms with E-state index in [9.17, 15) is 4.79 Å². The van der Waals surface area contributed by atoms with Crippen LogP contribution in [0.3, 0.4) is 0 Å². The van der Waals surface area contributed by atoms with Crippen molar-refractivity contribution in [2.75, 3.05) is 6.54 Å². The van der Waals surface area contributed by atoms with E-state index in [-0.39, 0.29) is 18.1 Å². The molecule has 1 amide bonds. The maximum absolute atomic E-state index is 12.1. The molecule has 3 atom stereocenters. The second-order valence-electron chi connectivity index (χ2n) is 6.49. The molecule has 1 aliphatic heterocycles. The molecule has 3 unspecified atom stereocenters. The number of nitrogens with two attached hydrogens (primary N) is 1. The first-order valence-corrected chi connectivity index (χ1v) is 8.34. The Morgan fingerprint density at radius 2 is 2.00 bits per heavy atom. The van der Waals surface area contributed by atoms with Crippen molar-refractivity contribution in [3.63, 3.8) is 0 Å². The zero-order valence-corrected chi connectivity index (χ0v) is 12.8. The lowest BCUT2D eigenvalue weighted by atomic mass is 9.84. The predicted molar refractivity (Wildman–Crippen MR) is 80.4 cm³/mol. The van der Waals surface area contributed by atoms with Crippen molar-refractivity contribution in [3.8, 4) is 0 Å². The van der Waals surface area contributed by atoms with Crippen LogP contribution in [0.2, 0.25) is 0 Å². The molecule has 1 heterocycles. The van der Waals surface area contributed by atoms with Gasteiger partial charge in [0, 0.05) is 19.0 Å². The summed E-state index contributed by atoms with van der Waals surface area (Å²) in [4.78, 5) is 12.1. The number of amides is 1. The topological polar surface area (TPSA) is 64.4 Å². The van der Waals surface area contributed by atoms with E-state index in [1.54, 1.807) is 0 Å². The largest absolute Gasteiger partial charge is 0.375 e. The zero-order chi connectivity index (χ0) is 14.4. The molecule has 0 radical (unpaired) electrons. The lowest BCUT2D eigenvalue weighted by Crippen LogP contribution is -2.46. The van der Waals surface area contributed by atoms with E-state index in [0.717, 1.165) is 19.3 Å². The van der Waals surface area contributed by atoms with Crippen LogP contribution in [0.4, 0.5) is 0 Å². The average Bonchev–Trinajstić information content (AvgIpc) is 2.89. The smallest absolute Gasteiger partial charge is 0.220 e. The summed E-state index contributed by atoms with van der Waals surface area (Å²) in [7, 11) is 0. The van der Waals surface area contributed by atoms with Gasteiger partial charge in [-0.15, -0.1) is 0 Å². The normalized spacial score (nSPS) is 29.3. The maximum Gasteiger partial charge on any atom is 0.220 e. The van der Waals surface area contributed by atoms with Gasteiger partial charge in [-0.2, -0.15) is 0 Å². The lowest BCUT2D eigenvalue weighted by Gasteiger charge is -2.30. The Kier molecular flexibility index (Phi) is 6.30. The van der Waals surface area contributed by atoms with Crippen molar-refractivity contribution in [3.05, 3.63) is 0 Å². The number of carbonyl (C=O) groups is 1. The van der Waals surface area contributed by atoms with Crippen molar-refractivity contribution in [1.82, 2.24) is 5.32 Å². The van der Waals surface area contributed by atoms with Gasteiger partial charge in [0.05, 0.1) is 12.2 Å². The molecule has 0 spiro atoms. The van der Waals surface area contributed by atoms with E-state index in [1.807, 2.05) is 0 Å². The molecule has 0 aromatic heterocycles. The van der Waals surface area contributed by atoms with Crippen molar-refractivity contribution >= 4 is 5.91 Å². The molecule has 1 aliphatic carbocycles. The Bertz CT molecular complexity index is 303. The fourth-order valence-corrected chi connectivity index (χ4v) is 3.57. The molecule has 0 bridgehead atoms. The summed E-state index contributed by atoms with van der Waals surface area (Å²) in [6, 6.07) is 0.172. The number of hydrogen-bond donors (Lipinski definition) is 2. The van der Waals surface area contributed by atoms with Gasteiger partial charge in [-0.25, -0.2) is 0 Å². The van der Waals surface area contributed by atoms with Crippen LogP contribution in [0.25, 0.3) is 0 Å². The van der Waals surface area contributed by atoms with Crippen LogP contribution in [-0.2, 0) is 9.53 Å². The maximum atomic E-state index is 12.1. The summed E-state index contributed by atoms with van der Waals surface area (Å²) >= 11 is 0. The number of hydrogen-bond acceptors (Lipinski definition) is 3. The second-order valence-corrected chi connectivity index (χ2v) is 6.49. The Balaban J connectivity index is 1.68. The van der Waals surface area contributed by atoms with Crippen LogP contribution in [0.15, 0.2) is 0 Å². The van der Waals surface area contributed by atoms with E-state index >= 15 is 0 Å². The van der Waals surface area contributed by atoms with Crippen molar-refractivity contribution in [2.45, 2.75) is 83.0 Å². The van der Waals surface area contributed by atoms with Crippen molar-refractivity contribution in [2.24, 2.45) is 11.7 Å². The molecule has 2 fully saturated rings. The Hall–Kier alpha value is -0.610. The summed E-state index contributed by atoms with van der Waals surface area (Å²) in [6.45, 7) is 2.67. The molecule has 20 heavy (non-hydrogen) atoms. The Morgan fingerprint density at radius 3 is 2.60 bits per heavy atom. The molecule has 0 aromatic carbocycles. The van der Waals surface area contributed by atoms with Gasteiger partial charge < -0.3 is 15.8 Å². The minimum absolute atomic E-state index is 0.147. The summed E-state index contributed by atoms with van der Waals surface area (Å²) < 4.78 is 5.75. The first-order valence-electron chi connectivity index (χ1n) is 8.34. The number of nitrogens with one attached hydrogen (secondary N) is 1. The number of carbonyl (C=O) groups excluding carboxylic acids is 1. The molecule has 2 rings (SSSR count). The molecule has 0 aromatic rings. The SMILES string of the molecule is CC1CCC(CCC(=O)NC(CN)C2CCCCC2)O1. The third-order valence-corrected chi connectivity index (χ3v) is 4.83. The summed E-state index contributed by atoms with van der Waals surface area (Å²) in [5.74, 6) is 0.731. The Morgan fingerprint density at radius 1 is 1.25 bits per heavy atom. The molecule has 1 saturated heterocycles. The van der Waals surface area contributed by atoms with E-state index in [2.05, 4.69) is 12.2 Å². The highest BCUT2D eigenvalue weighted by Gasteiger charge is 2.25. The molecular weight excluding hydrogens is 252 g/mol. The minimum atomic E-state index is 0.147. The first kappa shape index (κ1) is 15.8. The van der Waals surface area contributed by atoms with Crippen LogP contribution >= 0.6 is 0 Å². The fourth-order valence-electron chi connectivity index (χ4n) is 3.57. The minimum Gasteiger partial charge on any atom is -0.375 e. The van der Waals surface area contributed by atoms with Gasteiger partial charge in [0.2, 0.25) is 5.91 Å². The third-order valence-electron chi connectivity index (χ3n) is 4.83. The highest BCUT2D eigenvalue weighted by atomic mass is 16.5. The predicted octanol–water partition coefficient (Wildman–Crippen LogP) is 2.36. The molecule has 4 heteroatoms. The third kappa shape index (κ3) is 4.74. The van der Waals surface area contributed by atoms with Crippen molar-refractivity contribution < 1.29 is 9.53 Å². The van der Waals surface area contributed by atoms with Gasteiger partial charge in [0.15, 0.2) is 0 Å². The first-order chi connectivity index (χ1) is 9.69. The van der Waals surface area contributed by atoms with Gasteiger partial charge in [0.1, 0.15) is 0 Å². The van der Waals surface area contributed by atoms with Gasteiger partial charge in [0.25, 0.3) is 0 Å². The average molecular weight is 282 g/mol. The van der Waals surface area contributed by atoms with Crippen LogP contribution < -0.4 is 11.1 Å². The quantitative estimate of drug-likeness (QED) is 0.786. The molecule has 1 saturated carbocycles. The molecule has 116 valence electrons. The Labute approximate surface area is 122 Å². The van der Waals surface area contributed by atoms with Crippen LogP contribution in [0, 0.1) is 5.92 Å². The van der Waals surface area contributed by atoms with Crippen LogP contribution in [0.1, 0.15) is 64.7 Å². The van der Waals surface area contributed by atoms with E-state index in [0.29, 0.717) is 25.0 Å². The lowest BCUT2D eigenvalue weighted by molar-refractivity contribution is -0.122. The van der Waals surface area contributed by atoms with E-state index in [4.69, 9.17) is 10.5 Å². The summed E-state index contributed by atoms with van der Waals surface area (Å²) in [5.41, 5.74) is 5.85. The van der Waals surface area contributed by atoms with Gasteiger partial charge in [-0.3, -0.25) is 4.79 Å². The van der Waals surface area contributed by atoms with Gasteiger partial charge >= 0.3 is 0 Å². The molecule has 4 nitrogen and oxygen atoms in total. The standard InChI is InChI=1S/C16H30N2O2/c1-12-7-8-14(20-12)9-10-16(19)18-15(11-17)13-5-3-2-4-6-13/h12-15H,2-11,17H2,1H3,(H,18,19). The van der Waals surface area contributed by atoms with Crippen molar-refractivity contribution in [1.29, 1.82) is 0 Å². The highest BCUT2D eigenvalue weighted by molar-refractivity contribution is 5.76. The van der Waals surface area contributed by atoms with Gasteiger partial charge in [-0.1, -0.05) is 19.3 Å². The zero-order valence-electron chi connectivity index (χ0n) is 12.8. The van der Waals surface area contributed by atoms with Gasteiger partial charge in [-0.05, 0) is 44.9 Å². The fraction of sp³-hybridized carbons (Fsp3) is 0.938. The monoisotopic (exact) mass is 282 g/mol. The van der Waals surface area contributed by atoms with E-state index < -0.39 is 0 Å². The molecular formula is C16H30N2O2. The molecule has 2 aliphatic rings. The van der Waals surface area contributed by atoms with Crippen LogP contribution in [-0.4, -0.2) is 30.7 Å². The van der Waals surface area contributed by atoms with E-state index in [1.165, 1.54) is 32.1 Å². The molecule has 3 N–H and O–H groups in total.